The molecule has 2 nitrogen and oxygen atoms in total. The molecule has 0 rings (SSSR count). The van der Waals surface area contributed by atoms with E-state index in [2.05, 4.69) is 26.1 Å². The standard InChI is InChI=1S/C26H53NO/c1-4-5-6-7-8-9-10-11-12-13-14-15-16-17-18-19-20-21-22-23-26(28)27-24-25(2)3/h25H,4-24H2,1-3H3,(H,27,28). The average Bonchev–Trinajstić information content (AvgIpc) is 2.68. The lowest BCUT2D eigenvalue weighted by Gasteiger charge is -2.07. The first kappa shape index (κ1) is 27.5. The van der Waals surface area contributed by atoms with E-state index in [1.165, 1.54) is 116 Å². The topological polar surface area (TPSA) is 29.1 Å². The number of carbonyl (C=O) groups is 1. The number of nitrogens with one attached hydrogen (secondary N) is 1. The highest BCUT2D eigenvalue weighted by Gasteiger charge is 2.01. The third-order valence-corrected chi connectivity index (χ3v) is 5.71. The number of unbranched alkanes of at least 4 members (excludes halogenated alkanes) is 18. The fourth-order valence-electron chi connectivity index (χ4n) is 3.77. The monoisotopic (exact) mass is 395 g/mol. The zero-order chi connectivity index (χ0) is 20.7. The van der Waals surface area contributed by atoms with Gasteiger partial charge in [-0.05, 0) is 12.3 Å². The van der Waals surface area contributed by atoms with E-state index in [1.54, 1.807) is 0 Å². The highest BCUT2D eigenvalue weighted by atomic mass is 16.1. The second-order valence-electron chi connectivity index (χ2n) is 9.31. The lowest BCUT2D eigenvalue weighted by atomic mass is 10.0. The van der Waals surface area contributed by atoms with Crippen molar-refractivity contribution in [1.82, 2.24) is 5.32 Å². The number of hydrogen-bond donors (Lipinski definition) is 1. The van der Waals surface area contributed by atoms with E-state index in [1.807, 2.05) is 0 Å². The predicted molar refractivity (Wildman–Crippen MR) is 126 cm³/mol. The van der Waals surface area contributed by atoms with Gasteiger partial charge in [0.25, 0.3) is 0 Å². The summed E-state index contributed by atoms with van der Waals surface area (Å²) in [6.45, 7) is 7.38. The molecule has 0 atom stereocenters. The average molecular weight is 396 g/mol. The Labute approximate surface area is 178 Å². The molecule has 0 saturated heterocycles. The lowest BCUT2D eigenvalue weighted by molar-refractivity contribution is -0.121. The molecule has 0 aliphatic carbocycles. The van der Waals surface area contributed by atoms with Gasteiger partial charge in [-0.25, -0.2) is 0 Å². The van der Waals surface area contributed by atoms with Crippen molar-refractivity contribution in [3.8, 4) is 0 Å². The van der Waals surface area contributed by atoms with Gasteiger partial charge >= 0.3 is 0 Å². The van der Waals surface area contributed by atoms with Crippen LogP contribution in [0, 0.1) is 5.92 Å². The van der Waals surface area contributed by atoms with Crippen molar-refractivity contribution in [2.24, 2.45) is 5.92 Å². The first-order valence-electron chi connectivity index (χ1n) is 12.9. The summed E-state index contributed by atoms with van der Waals surface area (Å²) in [7, 11) is 0. The minimum atomic E-state index is 0.237. The molecule has 0 spiro atoms. The molecule has 0 aromatic rings. The van der Waals surface area contributed by atoms with Gasteiger partial charge in [-0.15, -0.1) is 0 Å². The van der Waals surface area contributed by atoms with E-state index >= 15 is 0 Å². The Morgan fingerprint density at radius 1 is 0.571 bits per heavy atom. The van der Waals surface area contributed by atoms with Gasteiger partial charge in [0.1, 0.15) is 0 Å². The van der Waals surface area contributed by atoms with Crippen LogP contribution >= 0.6 is 0 Å². The van der Waals surface area contributed by atoms with Gasteiger partial charge < -0.3 is 5.32 Å². The van der Waals surface area contributed by atoms with E-state index in [0.29, 0.717) is 12.3 Å². The van der Waals surface area contributed by atoms with Gasteiger partial charge in [0.05, 0.1) is 0 Å². The second kappa shape index (κ2) is 22.8. The zero-order valence-corrected chi connectivity index (χ0v) is 19.8. The summed E-state index contributed by atoms with van der Waals surface area (Å²) in [5, 5.41) is 3.00. The van der Waals surface area contributed by atoms with E-state index < -0.39 is 0 Å². The van der Waals surface area contributed by atoms with Crippen LogP contribution in [0.5, 0.6) is 0 Å². The molecule has 1 N–H and O–H groups in total. The third-order valence-electron chi connectivity index (χ3n) is 5.71. The lowest BCUT2D eigenvalue weighted by Crippen LogP contribution is -2.26. The summed E-state index contributed by atoms with van der Waals surface area (Å²) in [6.07, 6.45) is 27.2. The van der Waals surface area contributed by atoms with E-state index in [4.69, 9.17) is 0 Å². The third kappa shape index (κ3) is 23.5. The molecule has 2 heteroatoms. The summed E-state index contributed by atoms with van der Waals surface area (Å²) < 4.78 is 0. The highest BCUT2D eigenvalue weighted by molar-refractivity contribution is 5.75. The Hall–Kier alpha value is -0.530. The molecule has 0 saturated carbocycles. The number of amides is 1. The molecule has 0 heterocycles. The zero-order valence-electron chi connectivity index (χ0n) is 19.8. The fraction of sp³-hybridized carbons (Fsp3) is 0.962. The minimum Gasteiger partial charge on any atom is -0.356 e. The first-order chi connectivity index (χ1) is 13.7. The Balaban J connectivity index is 3.07. The summed E-state index contributed by atoms with van der Waals surface area (Å²) >= 11 is 0. The van der Waals surface area contributed by atoms with Crippen LogP contribution in [-0.4, -0.2) is 12.5 Å². The van der Waals surface area contributed by atoms with Crippen LogP contribution in [0.3, 0.4) is 0 Å². The maximum atomic E-state index is 11.6. The summed E-state index contributed by atoms with van der Waals surface area (Å²) in [6, 6.07) is 0. The molecule has 0 radical (unpaired) electrons. The van der Waals surface area contributed by atoms with Crippen molar-refractivity contribution in [2.45, 2.75) is 149 Å². The molecule has 0 unspecified atom stereocenters. The SMILES string of the molecule is CCCCCCCCCCCCCCCCCCCCCC(=O)NCC(C)C. The van der Waals surface area contributed by atoms with Crippen LogP contribution < -0.4 is 5.32 Å². The highest BCUT2D eigenvalue weighted by Crippen LogP contribution is 2.14. The van der Waals surface area contributed by atoms with Crippen molar-refractivity contribution in [3.05, 3.63) is 0 Å². The van der Waals surface area contributed by atoms with Crippen LogP contribution in [0.25, 0.3) is 0 Å². The second-order valence-corrected chi connectivity index (χ2v) is 9.31. The molecular formula is C26H53NO. The smallest absolute Gasteiger partial charge is 0.220 e. The van der Waals surface area contributed by atoms with Crippen molar-refractivity contribution >= 4 is 5.91 Å². The molecule has 0 fully saturated rings. The summed E-state index contributed by atoms with van der Waals surface area (Å²) in [4.78, 5) is 11.6. The quantitative estimate of drug-likeness (QED) is 0.183. The van der Waals surface area contributed by atoms with Crippen LogP contribution in [-0.2, 0) is 4.79 Å². The van der Waals surface area contributed by atoms with Crippen molar-refractivity contribution in [3.63, 3.8) is 0 Å². The maximum absolute atomic E-state index is 11.6. The van der Waals surface area contributed by atoms with Crippen LogP contribution in [0.2, 0.25) is 0 Å². The Morgan fingerprint density at radius 2 is 0.893 bits per heavy atom. The Morgan fingerprint density at radius 3 is 1.21 bits per heavy atom. The molecule has 0 aliphatic heterocycles. The molecule has 0 bridgehead atoms. The Bertz CT molecular complexity index is 314. The molecular weight excluding hydrogens is 342 g/mol. The first-order valence-corrected chi connectivity index (χ1v) is 12.9. The van der Waals surface area contributed by atoms with E-state index in [-0.39, 0.29) is 5.91 Å². The normalized spacial score (nSPS) is 11.3. The van der Waals surface area contributed by atoms with Gasteiger partial charge in [0.2, 0.25) is 5.91 Å². The van der Waals surface area contributed by atoms with Crippen LogP contribution in [0.15, 0.2) is 0 Å². The van der Waals surface area contributed by atoms with Gasteiger partial charge in [0, 0.05) is 13.0 Å². The van der Waals surface area contributed by atoms with Gasteiger partial charge in [0.15, 0.2) is 0 Å². The largest absolute Gasteiger partial charge is 0.356 e. The van der Waals surface area contributed by atoms with E-state index in [9.17, 15) is 4.79 Å². The number of rotatable bonds is 22. The molecule has 28 heavy (non-hydrogen) atoms. The minimum absolute atomic E-state index is 0.237. The Kier molecular flexibility index (Phi) is 22.3. The summed E-state index contributed by atoms with van der Waals surface area (Å²) in [5.41, 5.74) is 0. The molecule has 0 aromatic heterocycles. The van der Waals surface area contributed by atoms with Crippen LogP contribution in [0.1, 0.15) is 149 Å². The van der Waals surface area contributed by atoms with Crippen molar-refractivity contribution in [2.75, 3.05) is 6.54 Å². The fourth-order valence-corrected chi connectivity index (χ4v) is 3.77. The molecule has 1 amide bonds. The predicted octanol–water partition coefficient (Wildman–Crippen LogP) is 8.58. The van der Waals surface area contributed by atoms with Gasteiger partial charge in [-0.3, -0.25) is 4.79 Å². The van der Waals surface area contributed by atoms with Gasteiger partial charge in [-0.1, -0.05) is 136 Å². The van der Waals surface area contributed by atoms with Crippen molar-refractivity contribution in [1.29, 1.82) is 0 Å². The van der Waals surface area contributed by atoms with E-state index in [0.717, 1.165) is 13.0 Å². The molecule has 0 aliphatic rings. The number of hydrogen-bond acceptors (Lipinski definition) is 1. The summed E-state index contributed by atoms with van der Waals surface area (Å²) in [5.74, 6) is 0.787. The molecule has 0 aromatic carbocycles. The van der Waals surface area contributed by atoms with Crippen LogP contribution in [0.4, 0.5) is 0 Å². The maximum Gasteiger partial charge on any atom is 0.220 e. The molecule has 168 valence electrons. The number of carbonyl (C=O) groups excluding carboxylic acids is 1. The van der Waals surface area contributed by atoms with Gasteiger partial charge in [-0.2, -0.15) is 0 Å². The van der Waals surface area contributed by atoms with Crippen molar-refractivity contribution < 1.29 is 4.79 Å².